The highest BCUT2D eigenvalue weighted by molar-refractivity contribution is 7.80. The van der Waals surface area contributed by atoms with Crippen LogP contribution in [0.1, 0.15) is 46.0 Å². The number of thiocarbonyl (C=S) groups is 1. The van der Waals surface area contributed by atoms with Gasteiger partial charge in [-0.25, -0.2) is 0 Å². The Morgan fingerprint density at radius 2 is 1.88 bits per heavy atom. The van der Waals surface area contributed by atoms with Crippen LogP contribution in [0.15, 0.2) is 36.0 Å². The van der Waals surface area contributed by atoms with Gasteiger partial charge >= 0.3 is 0 Å². The molecule has 4 N–H and O–H groups in total. The second-order valence-electron chi connectivity index (χ2n) is 8.58. The largest absolute Gasteiger partial charge is 0.377 e. The molecule has 5 heteroatoms. The molecule has 0 bridgehead atoms. The van der Waals surface area contributed by atoms with E-state index in [9.17, 15) is 9.59 Å². The van der Waals surface area contributed by atoms with Gasteiger partial charge in [0.2, 0.25) is 0 Å². The molecule has 0 heterocycles. The summed E-state index contributed by atoms with van der Waals surface area (Å²) in [5, 5.41) is 0.000000000000000222. The van der Waals surface area contributed by atoms with E-state index in [1.54, 1.807) is 12.2 Å². The molecular formula is C21H28N2O2S. The van der Waals surface area contributed by atoms with Crippen LogP contribution in [0.2, 0.25) is 0 Å². The first-order valence-electron chi connectivity index (χ1n) is 9.31. The first-order chi connectivity index (χ1) is 12.1. The molecule has 0 aromatic carbocycles. The number of carbonyl (C=O) groups excluding carboxylic acids is 2. The quantitative estimate of drug-likeness (QED) is 0.638. The SMILES string of the molecule is C=C1C[C@@H]2[C@H](CC[C@]3(C)C(=O)CC[C@@H]23)[C@@]2(C)C=CC(=O)C=C12.NC(N)=S. The third-order valence-electron chi connectivity index (χ3n) is 7.24. The van der Waals surface area contributed by atoms with E-state index in [2.05, 4.69) is 50.2 Å². The van der Waals surface area contributed by atoms with E-state index in [0.717, 1.165) is 43.3 Å². The second-order valence-corrected chi connectivity index (χ2v) is 9.05. The van der Waals surface area contributed by atoms with Crippen molar-refractivity contribution in [1.82, 2.24) is 0 Å². The number of nitrogens with two attached hydrogens (primary N) is 2. The lowest BCUT2D eigenvalue weighted by atomic mass is 9.48. The van der Waals surface area contributed by atoms with Crippen LogP contribution in [0, 0.1) is 28.6 Å². The van der Waals surface area contributed by atoms with Crippen LogP contribution in [-0.2, 0) is 9.59 Å². The summed E-state index contributed by atoms with van der Waals surface area (Å²) in [5.41, 5.74) is 11.3. The van der Waals surface area contributed by atoms with Gasteiger partial charge in [-0.2, -0.15) is 0 Å². The molecule has 3 fully saturated rings. The molecule has 3 saturated carbocycles. The number of Topliss-reactive ketones (excluding diaryl/α,β-unsaturated/α-hetero) is 1. The van der Waals surface area contributed by atoms with E-state index in [0.29, 0.717) is 23.5 Å². The highest BCUT2D eigenvalue weighted by Gasteiger charge is 2.59. The maximum Gasteiger partial charge on any atom is 0.178 e. The van der Waals surface area contributed by atoms with E-state index in [1.165, 1.54) is 0 Å². The molecule has 0 radical (unpaired) electrons. The van der Waals surface area contributed by atoms with Crippen LogP contribution in [0.3, 0.4) is 0 Å². The number of fused-ring (bicyclic) bond motifs is 5. The molecule has 4 nitrogen and oxygen atoms in total. The number of ketones is 2. The summed E-state index contributed by atoms with van der Waals surface area (Å²) >= 11 is 4.09. The van der Waals surface area contributed by atoms with E-state index in [4.69, 9.17) is 0 Å². The molecule has 0 aliphatic heterocycles. The molecule has 0 spiro atoms. The van der Waals surface area contributed by atoms with Gasteiger partial charge in [0.25, 0.3) is 0 Å². The molecule has 0 saturated heterocycles. The normalized spacial score (nSPS) is 40.6. The van der Waals surface area contributed by atoms with Crippen LogP contribution < -0.4 is 11.5 Å². The zero-order valence-electron chi connectivity index (χ0n) is 15.6. The van der Waals surface area contributed by atoms with Crippen molar-refractivity contribution in [3.63, 3.8) is 0 Å². The van der Waals surface area contributed by atoms with Gasteiger partial charge in [0, 0.05) is 17.3 Å². The molecule has 4 aliphatic rings. The highest BCUT2D eigenvalue weighted by Crippen LogP contribution is 2.64. The Hall–Kier alpha value is -1.75. The Kier molecular flexibility index (Phi) is 4.72. The summed E-state index contributed by atoms with van der Waals surface area (Å²) in [6.45, 7) is 8.75. The van der Waals surface area contributed by atoms with Crippen LogP contribution in [-0.4, -0.2) is 16.7 Å². The van der Waals surface area contributed by atoms with Crippen molar-refractivity contribution in [3.8, 4) is 0 Å². The maximum absolute atomic E-state index is 12.4. The molecule has 4 rings (SSSR count). The summed E-state index contributed by atoms with van der Waals surface area (Å²) in [4.78, 5) is 24.2. The van der Waals surface area contributed by atoms with Gasteiger partial charge in [0.05, 0.1) is 0 Å². The number of hydrogen-bond acceptors (Lipinski definition) is 3. The van der Waals surface area contributed by atoms with Crippen molar-refractivity contribution >= 4 is 28.9 Å². The van der Waals surface area contributed by atoms with Crippen molar-refractivity contribution in [1.29, 1.82) is 0 Å². The summed E-state index contributed by atoms with van der Waals surface area (Å²) in [6, 6.07) is 0. The molecule has 0 aromatic heterocycles. The average molecular weight is 373 g/mol. The topological polar surface area (TPSA) is 86.2 Å². The minimum Gasteiger partial charge on any atom is -0.377 e. The van der Waals surface area contributed by atoms with Crippen LogP contribution in [0.5, 0.6) is 0 Å². The summed E-state index contributed by atoms with van der Waals surface area (Å²) < 4.78 is 0. The summed E-state index contributed by atoms with van der Waals surface area (Å²) in [5.74, 6) is 2.14. The fourth-order valence-electron chi connectivity index (χ4n) is 5.98. The molecule has 5 atom stereocenters. The molecule has 26 heavy (non-hydrogen) atoms. The lowest BCUT2D eigenvalue weighted by Gasteiger charge is -2.56. The van der Waals surface area contributed by atoms with Crippen molar-refractivity contribution in [2.45, 2.75) is 46.0 Å². The molecule has 4 aliphatic carbocycles. The van der Waals surface area contributed by atoms with Crippen LogP contribution in [0.4, 0.5) is 0 Å². The van der Waals surface area contributed by atoms with Gasteiger partial charge in [0.15, 0.2) is 10.9 Å². The Labute approximate surface area is 160 Å². The number of rotatable bonds is 0. The van der Waals surface area contributed by atoms with E-state index in [1.807, 2.05) is 0 Å². The average Bonchev–Trinajstić information content (AvgIpc) is 2.85. The molecule has 140 valence electrons. The van der Waals surface area contributed by atoms with Crippen molar-refractivity contribution in [2.75, 3.05) is 0 Å². The van der Waals surface area contributed by atoms with E-state index >= 15 is 0 Å². The minimum absolute atomic E-state index is 0.000000000000000222. The van der Waals surface area contributed by atoms with Crippen LogP contribution in [0.25, 0.3) is 0 Å². The van der Waals surface area contributed by atoms with Crippen molar-refractivity contribution < 1.29 is 9.59 Å². The van der Waals surface area contributed by atoms with Gasteiger partial charge in [-0.05, 0) is 73.4 Å². The van der Waals surface area contributed by atoms with E-state index < -0.39 is 0 Å². The van der Waals surface area contributed by atoms with Gasteiger partial charge in [-0.3, -0.25) is 9.59 Å². The predicted octanol–water partition coefficient (Wildman–Crippen LogP) is 3.22. The third-order valence-corrected chi connectivity index (χ3v) is 7.24. The van der Waals surface area contributed by atoms with Gasteiger partial charge in [-0.1, -0.05) is 32.1 Å². The number of allylic oxidation sites excluding steroid dienone is 5. The third kappa shape index (κ3) is 2.86. The fraction of sp³-hybridized carbons (Fsp3) is 0.571. The Bertz CT molecular complexity index is 749. The maximum atomic E-state index is 12.4. The molecule has 0 amide bonds. The Morgan fingerprint density at radius 1 is 1.23 bits per heavy atom. The van der Waals surface area contributed by atoms with Crippen molar-refractivity contribution in [2.24, 2.45) is 40.1 Å². The molecule has 0 unspecified atom stereocenters. The highest BCUT2D eigenvalue weighted by atomic mass is 32.1. The zero-order chi connectivity index (χ0) is 19.3. The monoisotopic (exact) mass is 372 g/mol. The Balaban J connectivity index is 0.000000447. The lowest BCUT2D eigenvalue weighted by Crippen LogP contribution is -2.50. The van der Waals surface area contributed by atoms with E-state index in [-0.39, 0.29) is 21.7 Å². The predicted molar refractivity (Wildman–Crippen MR) is 107 cm³/mol. The van der Waals surface area contributed by atoms with Gasteiger partial charge < -0.3 is 11.5 Å². The Morgan fingerprint density at radius 3 is 2.54 bits per heavy atom. The van der Waals surface area contributed by atoms with Gasteiger partial charge in [0.1, 0.15) is 5.78 Å². The second kappa shape index (κ2) is 6.45. The molecule has 0 aromatic rings. The number of carbonyl (C=O) groups is 2. The first kappa shape index (κ1) is 19.0. The molecular weight excluding hydrogens is 344 g/mol. The smallest absolute Gasteiger partial charge is 0.178 e. The van der Waals surface area contributed by atoms with Crippen molar-refractivity contribution in [3.05, 3.63) is 36.0 Å². The lowest BCUT2D eigenvalue weighted by molar-refractivity contribution is -0.131. The van der Waals surface area contributed by atoms with Gasteiger partial charge in [-0.15, -0.1) is 0 Å². The summed E-state index contributed by atoms with van der Waals surface area (Å²) in [7, 11) is 0. The summed E-state index contributed by atoms with van der Waals surface area (Å²) in [6.07, 6.45) is 10.5. The minimum atomic E-state index is -0.104. The first-order valence-corrected chi connectivity index (χ1v) is 9.72. The standard InChI is InChI=1S/C20H24O2.CH4N2S/c1-12-10-14-15-4-5-18(22)20(15,3)9-7-16(14)19(2)8-6-13(21)11-17(12)19;2-1(3)4/h6,8,11,14-16H,1,4-5,7,9-10H2,2-3H3;(H4,2,3,4)/t14-,15-,16-,19+,20-;/m0./s1. The number of hydrogen-bond donors (Lipinski definition) is 2. The van der Waals surface area contributed by atoms with Crippen LogP contribution >= 0.6 is 12.2 Å². The fourth-order valence-corrected chi connectivity index (χ4v) is 5.98. The zero-order valence-corrected chi connectivity index (χ0v) is 16.4.